The molecule has 1 aromatic rings. The van der Waals surface area contributed by atoms with Gasteiger partial charge in [0.25, 0.3) is 0 Å². The number of aryl methyl sites for hydroxylation is 2. The van der Waals surface area contributed by atoms with Gasteiger partial charge in [-0.2, -0.15) is 0 Å². The van der Waals surface area contributed by atoms with E-state index in [1.54, 1.807) is 6.07 Å². The second-order valence-electron chi connectivity index (χ2n) is 4.41. The van der Waals surface area contributed by atoms with E-state index in [1.807, 2.05) is 12.1 Å². The zero-order chi connectivity index (χ0) is 12.4. The summed E-state index contributed by atoms with van der Waals surface area (Å²) in [5.74, 6) is -1.34. The molecule has 17 heavy (non-hydrogen) atoms. The third-order valence-corrected chi connectivity index (χ3v) is 3.14. The molecule has 3 N–H and O–H groups in total. The molecule has 1 atom stereocenters. The van der Waals surface area contributed by atoms with Gasteiger partial charge < -0.3 is 10.8 Å². The normalized spacial score (nSPS) is 15.4. The largest absolute Gasteiger partial charge is 0.480 e. The molecule has 0 aliphatic heterocycles. The number of carboxylic acids is 1. The number of carbonyl (C=O) groups is 2. The fourth-order valence-corrected chi connectivity index (χ4v) is 2.15. The predicted molar refractivity (Wildman–Crippen MR) is 63.0 cm³/mol. The lowest BCUT2D eigenvalue weighted by atomic mass is 10.00. The number of nitrogens with two attached hydrogens (primary N) is 1. The van der Waals surface area contributed by atoms with Crippen molar-refractivity contribution in [3.63, 3.8) is 0 Å². The summed E-state index contributed by atoms with van der Waals surface area (Å²) in [6, 6.07) is 4.48. The highest BCUT2D eigenvalue weighted by Crippen LogP contribution is 2.23. The lowest BCUT2D eigenvalue weighted by Crippen LogP contribution is -2.32. The number of benzene rings is 1. The summed E-state index contributed by atoms with van der Waals surface area (Å²) >= 11 is 0. The topological polar surface area (TPSA) is 80.4 Å². The molecular formula is C13H15NO3. The number of rotatable bonds is 4. The Balaban J connectivity index is 2.12. The molecule has 0 aromatic heterocycles. The van der Waals surface area contributed by atoms with Crippen LogP contribution in [0.3, 0.4) is 0 Å². The SMILES string of the molecule is NC(CC(=O)c1ccc2c(c1)CCC2)C(=O)O. The van der Waals surface area contributed by atoms with Crippen LogP contribution < -0.4 is 5.73 Å². The van der Waals surface area contributed by atoms with Crippen LogP contribution in [0.1, 0.15) is 34.3 Å². The average Bonchev–Trinajstić information content (AvgIpc) is 2.75. The van der Waals surface area contributed by atoms with Gasteiger partial charge in [0.2, 0.25) is 0 Å². The maximum atomic E-state index is 11.8. The van der Waals surface area contributed by atoms with Gasteiger partial charge in [-0.05, 0) is 36.5 Å². The van der Waals surface area contributed by atoms with Crippen LogP contribution in [0.4, 0.5) is 0 Å². The molecule has 0 fully saturated rings. The zero-order valence-electron chi connectivity index (χ0n) is 9.48. The number of Topliss-reactive ketones (excluding diaryl/α,β-unsaturated/α-hetero) is 1. The van der Waals surface area contributed by atoms with Gasteiger partial charge in [-0.3, -0.25) is 9.59 Å². The van der Waals surface area contributed by atoms with E-state index in [9.17, 15) is 9.59 Å². The number of hydrogen-bond acceptors (Lipinski definition) is 3. The first-order valence-electron chi connectivity index (χ1n) is 5.71. The van der Waals surface area contributed by atoms with Gasteiger partial charge in [-0.1, -0.05) is 12.1 Å². The predicted octanol–water partition coefficient (Wildman–Crippen LogP) is 1.16. The van der Waals surface area contributed by atoms with Crippen LogP contribution in [0.2, 0.25) is 0 Å². The minimum Gasteiger partial charge on any atom is -0.480 e. The second kappa shape index (κ2) is 4.67. The fraction of sp³-hybridized carbons (Fsp3) is 0.385. The van der Waals surface area contributed by atoms with Crippen molar-refractivity contribution in [2.75, 3.05) is 0 Å². The van der Waals surface area contributed by atoms with Gasteiger partial charge in [-0.15, -0.1) is 0 Å². The van der Waals surface area contributed by atoms with Gasteiger partial charge in [0, 0.05) is 12.0 Å². The fourth-order valence-electron chi connectivity index (χ4n) is 2.15. The zero-order valence-corrected chi connectivity index (χ0v) is 9.48. The second-order valence-corrected chi connectivity index (χ2v) is 4.41. The van der Waals surface area contributed by atoms with E-state index in [0.29, 0.717) is 5.56 Å². The number of ketones is 1. The summed E-state index contributed by atoms with van der Waals surface area (Å²) in [6.07, 6.45) is 3.05. The van der Waals surface area contributed by atoms with E-state index in [2.05, 4.69) is 0 Å². The first-order valence-corrected chi connectivity index (χ1v) is 5.71. The van der Waals surface area contributed by atoms with Crippen molar-refractivity contribution >= 4 is 11.8 Å². The van der Waals surface area contributed by atoms with Crippen LogP contribution in [-0.4, -0.2) is 22.9 Å². The highest BCUT2D eigenvalue weighted by atomic mass is 16.4. The number of hydrogen-bond donors (Lipinski definition) is 2. The molecular weight excluding hydrogens is 218 g/mol. The van der Waals surface area contributed by atoms with E-state index < -0.39 is 12.0 Å². The molecule has 0 radical (unpaired) electrons. The molecule has 0 amide bonds. The van der Waals surface area contributed by atoms with Crippen molar-refractivity contribution in [1.29, 1.82) is 0 Å². The molecule has 4 heteroatoms. The monoisotopic (exact) mass is 233 g/mol. The Labute approximate surface area is 99.4 Å². The van der Waals surface area contributed by atoms with Crippen molar-refractivity contribution in [3.8, 4) is 0 Å². The van der Waals surface area contributed by atoms with E-state index >= 15 is 0 Å². The van der Waals surface area contributed by atoms with Crippen LogP contribution in [0.25, 0.3) is 0 Å². The Hall–Kier alpha value is -1.68. The number of carbonyl (C=O) groups excluding carboxylic acids is 1. The van der Waals surface area contributed by atoms with Crippen molar-refractivity contribution in [2.45, 2.75) is 31.7 Å². The van der Waals surface area contributed by atoms with E-state index in [1.165, 1.54) is 11.1 Å². The van der Waals surface area contributed by atoms with Crippen LogP contribution in [0.5, 0.6) is 0 Å². The lowest BCUT2D eigenvalue weighted by Gasteiger charge is -2.07. The Morgan fingerprint density at radius 1 is 1.29 bits per heavy atom. The van der Waals surface area contributed by atoms with Gasteiger partial charge in [0.05, 0.1) is 0 Å². The van der Waals surface area contributed by atoms with Crippen LogP contribution in [0.15, 0.2) is 18.2 Å². The van der Waals surface area contributed by atoms with Crippen LogP contribution in [0, 0.1) is 0 Å². The molecule has 1 aromatic carbocycles. The number of carboxylic acid groups (broad SMARTS) is 1. The summed E-state index contributed by atoms with van der Waals surface area (Å²) < 4.78 is 0. The van der Waals surface area contributed by atoms with E-state index in [-0.39, 0.29) is 12.2 Å². The molecule has 1 aliphatic carbocycles. The van der Waals surface area contributed by atoms with E-state index in [0.717, 1.165) is 19.3 Å². The summed E-state index contributed by atoms with van der Waals surface area (Å²) in [4.78, 5) is 22.4. The van der Waals surface area contributed by atoms with Crippen molar-refractivity contribution in [2.24, 2.45) is 5.73 Å². The van der Waals surface area contributed by atoms with Crippen molar-refractivity contribution in [1.82, 2.24) is 0 Å². The maximum Gasteiger partial charge on any atom is 0.320 e. The summed E-state index contributed by atoms with van der Waals surface area (Å²) in [5, 5.41) is 8.66. The van der Waals surface area contributed by atoms with Crippen LogP contribution in [-0.2, 0) is 17.6 Å². The summed E-state index contributed by atoms with van der Waals surface area (Å²) in [5.41, 5.74) is 8.42. The number of aliphatic carboxylic acids is 1. The molecule has 0 spiro atoms. The molecule has 1 unspecified atom stereocenters. The molecule has 0 heterocycles. The molecule has 0 bridgehead atoms. The van der Waals surface area contributed by atoms with E-state index in [4.69, 9.17) is 10.8 Å². The quantitative estimate of drug-likeness (QED) is 0.765. The molecule has 90 valence electrons. The Morgan fingerprint density at radius 3 is 2.71 bits per heavy atom. The summed E-state index contributed by atoms with van der Waals surface area (Å²) in [6.45, 7) is 0. The highest BCUT2D eigenvalue weighted by molar-refractivity contribution is 5.98. The molecule has 4 nitrogen and oxygen atoms in total. The van der Waals surface area contributed by atoms with Gasteiger partial charge in [0.1, 0.15) is 6.04 Å². The Kier molecular flexibility index (Phi) is 3.24. The Bertz CT molecular complexity index is 468. The van der Waals surface area contributed by atoms with Crippen molar-refractivity contribution < 1.29 is 14.7 Å². The number of fused-ring (bicyclic) bond motifs is 1. The van der Waals surface area contributed by atoms with Gasteiger partial charge in [-0.25, -0.2) is 0 Å². The maximum absolute atomic E-state index is 11.8. The molecule has 2 rings (SSSR count). The first kappa shape index (κ1) is 11.8. The highest BCUT2D eigenvalue weighted by Gasteiger charge is 2.19. The minimum atomic E-state index is -1.14. The molecule has 1 aliphatic rings. The van der Waals surface area contributed by atoms with Gasteiger partial charge in [0.15, 0.2) is 5.78 Å². The average molecular weight is 233 g/mol. The molecule has 0 saturated heterocycles. The minimum absolute atomic E-state index is 0.145. The summed E-state index contributed by atoms with van der Waals surface area (Å²) in [7, 11) is 0. The van der Waals surface area contributed by atoms with Crippen LogP contribution >= 0.6 is 0 Å². The third kappa shape index (κ3) is 2.53. The Morgan fingerprint density at radius 2 is 2.00 bits per heavy atom. The smallest absolute Gasteiger partial charge is 0.320 e. The standard InChI is InChI=1S/C13H15NO3/c14-11(13(16)17)7-12(15)10-5-4-8-2-1-3-9(8)6-10/h4-6,11H,1-3,7,14H2,(H,16,17). The van der Waals surface area contributed by atoms with Crippen molar-refractivity contribution in [3.05, 3.63) is 34.9 Å². The first-order chi connectivity index (χ1) is 8.08. The lowest BCUT2D eigenvalue weighted by molar-refractivity contribution is -0.138. The van der Waals surface area contributed by atoms with Gasteiger partial charge >= 0.3 is 5.97 Å². The third-order valence-electron chi connectivity index (χ3n) is 3.14. The molecule has 0 saturated carbocycles.